The third-order valence-corrected chi connectivity index (χ3v) is 26.7. The summed E-state index contributed by atoms with van der Waals surface area (Å²) < 4.78 is 105. The summed E-state index contributed by atoms with van der Waals surface area (Å²) in [7, 11) is -1.74. The molecule has 8 heterocycles. The Labute approximate surface area is 771 Å². The molecule has 0 aliphatic carbocycles. The Morgan fingerprint density at radius 1 is 0.262 bits per heavy atom. The number of halogens is 1. The van der Waals surface area contributed by atoms with E-state index in [1.54, 1.807) is 29.5 Å². The number of thiophene rings is 2. The molecule has 0 radical (unpaired) electrons. The number of furan rings is 2. The first kappa shape index (κ1) is 67.3. The van der Waals surface area contributed by atoms with Crippen molar-refractivity contribution in [1.82, 2.24) is 39.0 Å². The number of hydrogen-bond donors (Lipinski definition) is 2. The average Bonchev–Trinajstić information content (AvgIpc) is 1.59. The van der Waals surface area contributed by atoms with Gasteiger partial charge < -0.3 is 28.0 Å². The molecule has 0 atom stereocenters. The second-order valence-electron chi connectivity index (χ2n) is 31.5. The summed E-state index contributed by atoms with van der Waals surface area (Å²) >= 11 is 9.19. The highest BCUT2D eigenvalue weighted by atomic mass is 35.5. The Kier molecular flexibility index (Phi) is 16.8. The summed E-state index contributed by atoms with van der Waals surface area (Å²) in [6.45, 7) is 0. The first-order chi connectivity index (χ1) is 68.3. The normalized spacial score (nSPS) is 12.7. The largest absolute Gasteiger partial charge is 0.489 e. The second kappa shape index (κ2) is 32.4. The highest BCUT2D eigenvalue weighted by molar-refractivity contribution is 7.27. The Morgan fingerprint density at radius 3 is 1.04 bits per heavy atom. The first-order valence-corrected chi connectivity index (χ1v) is 44.1. The predicted octanol–water partition coefficient (Wildman–Crippen LogP) is 29.5. The summed E-state index contributed by atoms with van der Waals surface area (Å²) in [4.78, 5) is 29.7. The van der Waals surface area contributed by atoms with Crippen LogP contribution in [0.1, 0.15) is 13.7 Å². The Bertz CT molecular complexity index is 9340. The fraction of sp³-hybridized carbons (Fsp3) is 0. The van der Waals surface area contributed by atoms with E-state index in [4.69, 9.17) is 64.0 Å². The van der Waals surface area contributed by atoms with Gasteiger partial charge in [-0.25, -0.2) is 29.9 Å². The Hall–Kier alpha value is -16.1. The molecular formula is C114H70BClN8O4S2. The predicted molar refractivity (Wildman–Crippen MR) is 539 cm³/mol. The van der Waals surface area contributed by atoms with Gasteiger partial charge in [-0.05, 0) is 119 Å². The maximum absolute atomic E-state index is 10.5. The van der Waals surface area contributed by atoms with Crippen molar-refractivity contribution < 1.29 is 32.6 Å². The molecule has 0 bridgehead atoms. The van der Waals surface area contributed by atoms with Gasteiger partial charge in [0.15, 0.2) is 34.9 Å². The van der Waals surface area contributed by atoms with Crippen LogP contribution in [0.25, 0.3) is 241 Å². The summed E-state index contributed by atoms with van der Waals surface area (Å²) in [5, 5.41) is 33.3. The van der Waals surface area contributed by atoms with Crippen LogP contribution in [0, 0.1) is 0 Å². The molecule has 612 valence electrons. The van der Waals surface area contributed by atoms with E-state index in [0.29, 0.717) is 77.1 Å². The fourth-order valence-electron chi connectivity index (χ4n) is 18.0. The van der Waals surface area contributed by atoms with Gasteiger partial charge in [0.1, 0.15) is 22.3 Å². The van der Waals surface area contributed by atoms with Gasteiger partial charge in [-0.3, -0.25) is 0 Å². The molecule has 18 aromatic carbocycles. The molecule has 0 aliphatic heterocycles. The molecule has 12 nitrogen and oxygen atoms in total. The van der Waals surface area contributed by atoms with Crippen molar-refractivity contribution in [2.75, 3.05) is 0 Å². The molecular weight excluding hydrogens is 1660 g/mol. The van der Waals surface area contributed by atoms with Gasteiger partial charge in [0.25, 0.3) is 0 Å². The van der Waals surface area contributed by atoms with Crippen LogP contribution >= 0.6 is 34.3 Å². The van der Waals surface area contributed by atoms with Crippen molar-refractivity contribution in [3.63, 3.8) is 0 Å². The van der Waals surface area contributed by atoms with Gasteiger partial charge in [0.05, 0.1) is 35.8 Å². The molecule has 26 rings (SSSR count). The van der Waals surface area contributed by atoms with Crippen molar-refractivity contribution in [1.29, 1.82) is 0 Å². The van der Waals surface area contributed by atoms with Gasteiger partial charge in [-0.2, -0.15) is 0 Å². The molecule has 26 aromatic rings. The van der Waals surface area contributed by atoms with Gasteiger partial charge in [0.2, 0.25) is 0 Å². The number of aromatic nitrogens is 8. The minimum absolute atomic E-state index is 0.122. The zero-order chi connectivity index (χ0) is 95.1. The van der Waals surface area contributed by atoms with Crippen LogP contribution in [-0.4, -0.2) is 56.2 Å². The fourth-order valence-corrected chi connectivity index (χ4v) is 20.9. The maximum atomic E-state index is 10.5. The highest BCUT2D eigenvalue weighted by Gasteiger charge is 2.27. The van der Waals surface area contributed by atoms with Crippen LogP contribution in [0.2, 0.25) is 5.02 Å². The smallest absolute Gasteiger partial charge is 0.456 e. The zero-order valence-corrected chi connectivity index (χ0v) is 70.9. The van der Waals surface area contributed by atoms with E-state index in [9.17, 15) is 10.0 Å². The van der Waals surface area contributed by atoms with Crippen molar-refractivity contribution in [3.8, 4) is 113 Å². The summed E-state index contributed by atoms with van der Waals surface area (Å²) in [5.74, 6) is 3.49. The van der Waals surface area contributed by atoms with Gasteiger partial charge >= 0.3 is 7.12 Å². The van der Waals surface area contributed by atoms with E-state index in [0.717, 1.165) is 163 Å². The van der Waals surface area contributed by atoms with Crippen molar-refractivity contribution >= 4 is 175 Å². The minimum atomic E-state index is -1.74. The number of benzene rings is 18. The molecule has 0 saturated carbocycles. The number of nitrogens with zero attached hydrogens (tertiary/aromatic N) is 8. The molecule has 130 heavy (non-hydrogen) atoms. The third kappa shape index (κ3) is 13.6. The van der Waals surface area contributed by atoms with E-state index in [1.165, 1.54) is 11.3 Å². The van der Waals surface area contributed by atoms with Crippen LogP contribution in [0.15, 0.2) is 421 Å². The summed E-state index contributed by atoms with van der Waals surface area (Å²) in [6, 6.07) is 113. The molecule has 0 spiro atoms. The van der Waals surface area contributed by atoms with E-state index in [1.807, 2.05) is 243 Å². The standard InChI is InChI=1S/C57H34N4OS.C30H20BNO2S.C27H16ClN3O/c1-4-16-35(17-5-1)40-24-14-25-43-46-34-39(61-48-27-12-10-22-41(48)42-23-11-13-28-49(42)61)33-45(54(46)63-53(40)43)38-30-31-50-47(32-38)52-44(26-15-29-51(52)62-50)57-59-55(36-18-6-2-7-19-36)58-56(60-57)37-20-8-3-9-21-37;33-31(34)26-18-20(32-27-15-6-4-11-22(27)23-12-5-7-16-28(23)32)17-25-24-14-8-13-21(29(24)35-30(25)26)19-9-2-1-3-10-19;28-19-14-15-22-21(16-19)24-20(12-7-13-23(24)32-22)27-30-25(17-8-3-1-4-9-17)29-26(31-27)18-10-5-2-6-11-18/h1-34H;1-18,33-34H;1-16H/i1D,4D,5D,16D,17D;1D,2D,3D,9D,10D;. The first-order valence-electron chi connectivity index (χ1n) is 47.1. The second-order valence-corrected chi connectivity index (χ2v) is 33.9. The van der Waals surface area contributed by atoms with Crippen LogP contribution in [0.4, 0.5) is 0 Å². The van der Waals surface area contributed by atoms with Crippen LogP contribution in [-0.2, 0) is 0 Å². The molecule has 0 unspecified atom stereocenters. The molecule has 2 N–H and O–H groups in total. The van der Waals surface area contributed by atoms with Crippen molar-refractivity contribution in [2.24, 2.45) is 0 Å². The molecule has 0 amide bonds. The van der Waals surface area contributed by atoms with Crippen molar-refractivity contribution in [3.05, 3.63) is 417 Å². The number of para-hydroxylation sites is 4. The maximum Gasteiger partial charge on any atom is 0.489 e. The highest BCUT2D eigenvalue weighted by Crippen LogP contribution is 2.50. The average molecular weight is 1740 g/mol. The monoisotopic (exact) mass is 1730 g/mol. The lowest BCUT2D eigenvalue weighted by atomic mass is 9.79. The van der Waals surface area contributed by atoms with E-state index < -0.39 is 31.3 Å². The lowest BCUT2D eigenvalue weighted by molar-refractivity contribution is 0.426. The van der Waals surface area contributed by atoms with Gasteiger partial charge in [-0.1, -0.05) is 333 Å². The third-order valence-electron chi connectivity index (χ3n) is 23.8. The number of hydrogen-bond acceptors (Lipinski definition) is 12. The van der Waals surface area contributed by atoms with Gasteiger partial charge in [0, 0.05) is 144 Å². The number of rotatable bonds is 12. The quantitative estimate of drug-likeness (QED) is 0.113. The topological polar surface area (TPSA) is 154 Å². The van der Waals surface area contributed by atoms with Crippen LogP contribution in [0.5, 0.6) is 0 Å². The lowest BCUT2D eigenvalue weighted by Gasteiger charge is -2.13. The summed E-state index contributed by atoms with van der Waals surface area (Å²) in [6.07, 6.45) is 0. The van der Waals surface area contributed by atoms with Crippen LogP contribution < -0.4 is 5.46 Å². The molecule has 0 fully saturated rings. The summed E-state index contributed by atoms with van der Waals surface area (Å²) in [5.41, 5.74) is 17.8. The SMILES string of the molecule is Clc1ccc2oc3cccc(-c4nc(-c5ccccc5)nc(-c5ccccc5)n4)c3c2c1.[2H]c1c([2H])c([2H])c(-c2cccc3c2sc2c(-c4ccc5oc6cccc(-c7nc(-c8ccccc8)nc(-c8ccccc8)n7)c6c5c4)cc(-n4c5ccccc5c5ccccc54)cc23)c([2H])c1[2H].[2H]c1c([2H])c([2H])c(-c2cccc3c2sc2c(B(O)O)cc(-n4c5ccccc5c5ccccc54)cc23)c([2H])c1[2H]. The molecule has 0 aliphatic rings. The molecule has 8 aromatic heterocycles. The zero-order valence-electron chi connectivity index (χ0n) is 78.5. The Balaban J connectivity index is 0.000000125. The van der Waals surface area contributed by atoms with Gasteiger partial charge in [-0.15, -0.1) is 22.7 Å². The minimum Gasteiger partial charge on any atom is -0.456 e. The lowest BCUT2D eigenvalue weighted by Crippen LogP contribution is -2.30. The van der Waals surface area contributed by atoms with E-state index in [2.05, 4.69) is 100 Å². The number of fused-ring (bicyclic) bond motifs is 18. The van der Waals surface area contributed by atoms with E-state index >= 15 is 0 Å². The van der Waals surface area contributed by atoms with Crippen molar-refractivity contribution in [2.45, 2.75) is 0 Å². The molecule has 0 saturated heterocycles. The van der Waals surface area contributed by atoms with E-state index in [-0.39, 0.29) is 47.4 Å². The van der Waals surface area contributed by atoms with Crippen LogP contribution in [0.3, 0.4) is 0 Å². The molecule has 16 heteroatoms. The Morgan fingerprint density at radius 2 is 0.608 bits per heavy atom.